The minimum atomic E-state index is -0.00454. The van der Waals surface area contributed by atoms with Gasteiger partial charge >= 0.3 is 0 Å². The van der Waals surface area contributed by atoms with E-state index in [-0.39, 0.29) is 4.75 Å². The van der Waals surface area contributed by atoms with Crippen LogP contribution in [0.25, 0.3) is 0 Å². The van der Waals surface area contributed by atoms with Gasteiger partial charge in [0.15, 0.2) is 0 Å². The fourth-order valence-electron chi connectivity index (χ4n) is 1.18. The molecule has 0 saturated heterocycles. The molecule has 62 valence electrons. The minimum Gasteiger partial charge on any atom is -0.197 e. The maximum Gasteiger partial charge on any atom is 0.106 e. The van der Waals surface area contributed by atoms with E-state index in [1.807, 2.05) is 11.8 Å². The van der Waals surface area contributed by atoms with Gasteiger partial charge in [-0.3, -0.25) is 0 Å². The molecule has 3 unspecified atom stereocenters. The molecule has 0 N–H and O–H groups in total. The molecule has 2 heteroatoms. The Kier molecular flexibility index (Phi) is 2.49. The Morgan fingerprint density at radius 1 is 1.82 bits per heavy atom. The summed E-state index contributed by atoms with van der Waals surface area (Å²) < 4.78 is -0.00454. The van der Waals surface area contributed by atoms with Crippen LogP contribution < -0.4 is 0 Å². The van der Waals surface area contributed by atoms with Crippen LogP contribution in [0.1, 0.15) is 33.6 Å². The molecule has 0 aromatic heterocycles. The largest absolute Gasteiger partial charge is 0.197 e. The molecule has 1 rings (SSSR count). The first-order valence-corrected chi connectivity index (χ1v) is 5.11. The highest BCUT2D eigenvalue weighted by Gasteiger charge is 2.53. The van der Waals surface area contributed by atoms with Crippen LogP contribution in [-0.2, 0) is 0 Å². The van der Waals surface area contributed by atoms with Gasteiger partial charge < -0.3 is 0 Å². The maximum absolute atomic E-state index is 8.90. The van der Waals surface area contributed by atoms with Crippen molar-refractivity contribution in [2.24, 2.45) is 5.92 Å². The summed E-state index contributed by atoms with van der Waals surface area (Å²) in [4.78, 5) is 0. The van der Waals surface area contributed by atoms with E-state index in [9.17, 15) is 0 Å². The van der Waals surface area contributed by atoms with Gasteiger partial charge in [-0.1, -0.05) is 20.8 Å². The third-order valence-electron chi connectivity index (χ3n) is 2.42. The SMILES string of the molecule is CCC(C)SC1(C#N)CC1C. The second-order valence-corrected chi connectivity index (χ2v) is 5.21. The van der Waals surface area contributed by atoms with E-state index in [1.54, 1.807) is 0 Å². The summed E-state index contributed by atoms with van der Waals surface area (Å²) in [5, 5.41) is 9.54. The average molecular weight is 169 g/mol. The Morgan fingerprint density at radius 3 is 2.64 bits per heavy atom. The Hall–Kier alpha value is -0.160. The number of nitrogens with zero attached hydrogens (tertiary/aromatic N) is 1. The zero-order valence-electron chi connectivity index (χ0n) is 7.42. The summed E-state index contributed by atoms with van der Waals surface area (Å²) >= 11 is 1.86. The van der Waals surface area contributed by atoms with Gasteiger partial charge in [0.25, 0.3) is 0 Å². The molecule has 0 radical (unpaired) electrons. The van der Waals surface area contributed by atoms with Crippen molar-refractivity contribution in [3.05, 3.63) is 0 Å². The summed E-state index contributed by atoms with van der Waals surface area (Å²) in [6.45, 7) is 6.54. The van der Waals surface area contributed by atoms with Gasteiger partial charge in [-0.25, -0.2) is 0 Å². The molecule has 1 saturated carbocycles. The van der Waals surface area contributed by atoms with Gasteiger partial charge in [-0.05, 0) is 18.8 Å². The van der Waals surface area contributed by atoms with Crippen LogP contribution >= 0.6 is 11.8 Å². The van der Waals surface area contributed by atoms with Crippen molar-refractivity contribution < 1.29 is 0 Å². The van der Waals surface area contributed by atoms with Crippen LogP contribution in [0.2, 0.25) is 0 Å². The quantitative estimate of drug-likeness (QED) is 0.648. The molecule has 1 fully saturated rings. The molecule has 0 aromatic rings. The third-order valence-corrected chi connectivity index (χ3v) is 4.24. The number of nitriles is 1. The van der Waals surface area contributed by atoms with Crippen molar-refractivity contribution >= 4 is 11.8 Å². The van der Waals surface area contributed by atoms with Gasteiger partial charge in [0.2, 0.25) is 0 Å². The molecule has 0 amide bonds. The van der Waals surface area contributed by atoms with Crippen molar-refractivity contribution in [3.63, 3.8) is 0 Å². The molecule has 0 bridgehead atoms. The van der Waals surface area contributed by atoms with Crippen molar-refractivity contribution in [2.75, 3.05) is 0 Å². The van der Waals surface area contributed by atoms with Gasteiger partial charge in [-0.15, -0.1) is 11.8 Å². The second-order valence-electron chi connectivity index (χ2n) is 3.44. The van der Waals surface area contributed by atoms with Gasteiger partial charge in [-0.2, -0.15) is 5.26 Å². The lowest BCUT2D eigenvalue weighted by Gasteiger charge is -2.12. The Bertz CT molecular complexity index is 184. The fourth-order valence-corrected chi connectivity index (χ4v) is 2.70. The second kappa shape index (κ2) is 3.06. The average Bonchev–Trinajstić information content (AvgIpc) is 2.62. The molecule has 3 atom stereocenters. The van der Waals surface area contributed by atoms with E-state index in [1.165, 1.54) is 6.42 Å². The summed E-state index contributed by atoms with van der Waals surface area (Å²) in [7, 11) is 0. The first-order valence-electron chi connectivity index (χ1n) is 4.23. The predicted molar refractivity (Wildman–Crippen MR) is 49.5 cm³/mol. The first kappa shape index (κ1) is 8.93. The topological polar surface area (TPSA) is 23.8 Å². The summed E-state index contributed by atoms with van der Waals surface area (Å²) in [5.41, 5.74) is 0. The zero-order chi connectivity index (χ0) is 8.48. The molecule has 0 aromatic carbocycles. The first-order chi connectivity index (χ1) is 5.14. The van der Waals surface area contributed by atoms with Crippen LogP contribution in [0, 0.1) is 17.2 Å². The molecular weight excluding hydrogens is 154 g/mol. The van der Waals surface area contributed by atoms with Crippen molar-refractivity contribution in [1.82, 2.24) is 0 Å². The number of thioether (sulfide) groups is 1. The lowest BCUT2D eigenvalue weighted by Crippen LogP contribution is -2.08. The van der Waals surface area contributed by atoms with Crippen LogP contribution in [0.15, 0.2) is 0 Å². The van der Waals surface area contributed by atoms with E-state index in [2.05, 4.69) is 26.8 Å². The zero-order valence-corrected chi connectivity index (χ0v) is 8.24. The molecule has 0 heterocycles. The summed E-state index contributed by atoms with van der Waals surface area (Å²) in [6, 6.07) is 2.43. The number of hydrogen-bond acceptors (Lipinski definition) is 2. The molecule has 11 heavy (non-hydrogen) atoms. The third kappa shape index (κ3) is 1.70. The maximum atomic E-state index is 8.90. The number of hydrogen-bond donors (Lipinski definition) is 0. The fraction of sp³-hybridized carbons (Fsp3) is 0.889. The van der Waals surface area contributed by atoms with E-state index in [0.29, 0.717) is 11.2 Å². The van der Waals surface area contributed by atoms with E-state index < -0.39 is 0 Å². The normalized spacial score (nSPS) is 37.8. The Balaban J connectivity index is 2.43. The molecular formula is C9H15NS. The highest BCUT2D eigenvalue weighted by molar-refractivity contribution is 8.01. The molecule has 1 nitrogen and oxygen atoms in total. The van der Waals surface area contributed by atoms with Crippen molar-refractivity contribution in [3.8, 4) is 6.07 Å². The van der Waals surface area contributed by atoms with Gasteiger partial charge in [0.1, 0.15) is 4.75 Å². The molecule has 0 aliphatic heterocycles. The van der Waals surface area contributed by atoms with E-state index >= 15 is 0 Å². The van der Waals surface area contributed by atoms with E-state index in [0.717, 1.165) is 6.42 Å². The van der Waals surface area contributed by atoms with Gasteiger partial charge in [0, 0.05) is 5.25 Å². The minimum absolute atomic E-state index is 0.00454. The van der Waals surface area contributed by atoms with Crippen molar-refractivity contribution in [2.45, 2.75) is 43.6 Å². The van der Waals surface area contributed by atoms with Gasteiger partial charge in [0.05, 0.1) is 6.07 Å². The molecule has 1 aliphatic rings. The van der Waals surface area contributed by atoms with Crippen molar-refractivity contribution in [1.29, 1.82) is 5.26 Å². The van der Waals surface area contributed by atoms with Crippen LogP contribution in [0.3, 0.4) is 0 Å². The highest BCUT2D eigenvalue weighted by Crippen LogP contribution is 2.55. The van der Waals surface area contributed by atoms with Crippen LogP contribution in [0.4, 0.5) is 0 Å². The smallest absolute Gasteiger partial charge is 0.106 e. The van der Waals surface area contributed by atoms with Crippen LogP contribution in [-0.4, -0.2) is 10.00 Å². The highest BCUT2D eigenvalue weighted by atomic mass is 32.2. The predicted octanol–water partition coefficient (Wildman–Crippen LogP) is 2.82. The Morgan fingerprint density at radius 2 is 2.36 bits per heavy atom. The summed E-state index contributed by atoms with van der Waals surface area (Å²) in [5.74, 6) is 0.617. The Labute approximate surface area is 73.2 Å². The standard InChI is InChI=1S/C9H15NS/c1-4-8(3)11-9(6-10)5-7(9)2/h7-8H,4-5H2,1-3H3. The molecule has 0 spiro atoms. The lowest BCUT2D eigenvalue weighted by molar-refractivity contribution is 0.881. The van der Waals surface area contributed by atoms with E-state index in [4.69, 9.17) is 5.26 Å². The van der Waals surface area contributed by atoms with Crippen LogP contribution in [0.5, 0.6) is 0 Å². The monoisotopic (exact) mass is 169 g/mol. The lowest BCUT2D eigenvalue weighted by atomic mass is 10.4. The molecule has 1 aliphatic carbocycles. The number of rotatable bonds is 3. The summed E-state index contributed by atoms with van der Waals surface area (Å²) in [6.07, 6.45) is 2.26.